The van der Waals surface area contributed by atoms with E-state index in [4.69, 9.17) is 26.1 Å². The first-order valence-corrected chi connectivity index (χ1v) is 13.8. The van der Waals surface area contributed by atoms with Crippen LogP contribution < -0.4 is 14.4 Å². The molecule has 8 heteroatoms. The maximum atomic E-state index is 13.9. The summed E-state index contributed by atoms with van der Waals surface area (Å²) in [6, 6.07) is 17.9. The minimum absolute atomic E-state index is 0.106. The Hall–Kier alpha value is -3.29. The summed E-state index contributed by atoms with van der Waals surface area (Å²) < 4.78 is 12.2. The Labute approximate surface area is 224 Å². The van der Waals surface area contributed by atoms with Crippen molar-refractivity contribution in [1.82, 2.24) is 9.88 Å². The van der Waals surface area contributed by atoms with Gasteiger partial charge in [0, 0.05) is 36.8 Å². The van der Waals surface area contributed by atoms with E-state index in [1.807, 2.05) is 55.5 Å². The van der Waals surface area contributed by atoms with E-state index in [9.17, 15) is 4.79 Å². The summed E-state index contributed by atoms with van der Waals surface area (Å²) in [4.78, 5) is 23.3. The monoisotopic (exact) mass is 531 g/mol. The molecule has 0 N–H and O–H groups in total. The highest BCUT2D eigenvalue weighted by atomic mass is 35.5. The summed E-state index contributed by atoms with van der Waals surface area (Å²) in [5.41, 5.74) is 4.71. The SMILES string of the molecule is Cc1ccc(-c2ccc3c(c2)OCO3)c(C(=O)N2CC3CC(C2)CN(c2nc4ccc(Cl)cc4s2)C3)c1. The first-order chi connectivity index (χ1) is 18.0. The normalized spacial score (nSPS) is 20.5. The predicted molar refractivity (Wildman–Crippen MR) is 147 cm³/mol. The molecule has 0 aliphatic carbocycles. The molecule has 3 aromatic carbocycles. The summed E-state index contributed by atoms with van der Waals surface area (Å²) in [5.74, 6) is 2.42. The van der Waals surface area contributed by atoms with Crippen molar-refractivity contribution in [3.63, 3.8) is 0 Å². The number of halogens is 1. The van der Waals surface area contributed by atoms with Crippen LogP contribution in [0.4, 0.5) is 5.13 Å². The number of carbonyl (C=O) groups is 1. The Morgan fingerprint density at radius 2 is 1.78 bits per heavy atom. The Kier molecular flexibility index (Phi) is 5.52. The highest BCUT2D eigenvalue weighted by Gasteiger charge is 2.37. The molecule has 7 rings (SSSR count). The van der Waals surface area contributed by atoms with Gasteiger partial charge in [-0.3, -0.25) is 4.79 Å². The number of thiazole rings is 1. The highest BCUT2D eigenvalue weighted by molar-refractivity contribution is 7.22. The molecule has 3 aliphatic heterocycles. The zero-order chi connectivity index (χ0) is 25.1. The second kappa shape index (κ2) is 8.92. The lowest BCUT2D eigenvalue weighted by molar-refractivity contribution is 0.0565. The first-order valence-electron chi connectivity index (χ1n) is 12.6. The average molecular weight is 532 g/mol. The number of piperidine rings is 2. The molecule has 0 radical (unpaired) electrons. The van der Waals surface area contributed by atoms with Crippen molar-refractivity contribution in [2.45, 2.75) is 13.3 Å². The lowest BCUT2D eigenvalue weighted by Crippen LogP contribution is -2.54. The van der Waals surface area contributed by atoms with E-state index >= 15 is 0 Å². The number of benzene rings is 3. The highest BCUT2D eigenvalue weighted by Crippen LogP contribution is 2.39. The van der Waals surface area contributed by atoms with E-state index in [-0.39, 0.29) is 12.7 Å². The molecule has 2 unspecified atom stereocenters. The summed E-state index contributed by atoms with van der Waals surface area (Å²) in [5, 5.41) is 1.79. The topological polar surface area (TPSA) is 54.9 Å². The molecule has 188 valence electrons. The van der Waals surface area contributed by atoms with Gasteiger partial charge in [-0.15, -0.1) is 0 Å². The van der Waals surface area contributed by atoms with E-state index in [0.717, 1.165) is 86.7 Å². The number of fused-ring (bicyclic) bond motifs is 4. The van der Waals surface area contributed by atoms with E-state index in [1.165, 1.54) is 0 Å². The van der Waals surface area contributed by atoms with Gasteiger partial charge in [0.05, 0.1) is 10.2 Å². The van der Waals surface area contributed by atoms with Gasteiger partial charge < -0.3 is 19.3 Å². The third-order valence-corrected chi connectivity index (χ3v) is 8.88. The number of nitrogens with zero attached hydrogens (tertiary/aromatic N) is 3. The summed E-state index contributed by atoms with van der Waals surface area (Å²) in [7, 11) is 0. The van der Waals surface area contributed by atoms with Crippen LogP contribution in [0.15, 0.2) is 54.6 Å². The average Bonchev–Trinajstić information content (AvgIpc) is 3.54. The number of hydrogen-bond donors (Lipinski definition) is 0. The van der Waals surface area contributed by atoms with Gasteiger partial charge in [0.25, 0.3) is 5.91 Å². The summed E-state index contributed by atoms with van der Waals surface area (Å²) in [6.07, 6.45) is 1.15. The third-order valence-electron chi connectivity index (χ3n) is 7.57. The van der Waals surface area contributed by atoms with Gasteiger partial charge in [-0.05, 0) is 72.7 Å². The van der Waals surface area contributed by atoms with Gasteiger partial charge in [-0.1, -0.05) is 46.7 Å². The molecular weight excluding hydrogens is 506 g/mol. The largest absolute Gasteiger partial charge is 0.454 e. The first kappa shape index (κ1) is 22.9. The van der Waals surface area contributed by atoms with E-state index < -0.39 is 0 Å². The number of aryl methyl sites for hydroxylation is 1. The predicted octanol–water partition coefficient (Wildman–Crippen LogP) is 6.25. The fourth-order valence-electron chi connectivity index (χ4n) is 5.95. The van der Waals surface area contributed by atoms with Crippen LogP contribution in [0.3, 0.4) is 0 Å². The zero-order valence-corrected chi connectivity index (χ0v) is 22.0. The number of amides is 1. The number of hydrogen-bond acceptors (Lipinski definition) is 6. The lowest BCUT2D eigenvalue weighted by Gasteiger charge is -2.46. The number of aromatic nitrogens is 1. The zero-order valence-electron chi connectivity index (χ0n) is 20.4. The molecule has 4 aromatic rings. The maximum Gasteiger partial charge on any atom is 0.254 e. The minimum Gasteiger partial charge on any atom is -0.454 e. The van der Waals surface area contributed by atoms with E-state index in [1.54, 1.807) is 11.3 Å². The van der Waals surface area contributed by atoms with Crippen LogP contribution in [0, 0.1) is 18.8 Å². The number of anilines is 1. The van der Waals surface area contributed by atoms with Crippen LogP contribution in [0.5, 0.6) is 11.5 Å². The molecule has 2 bridgehead atoms. The molecule has 0 saturated carbocycles. The Morgan fingerprint density at radius 3 is 2.62 bits per heavy atom. The van der Waals surface area contributed by atoms with Crippen LogP contribution in [0.1, 0.15) is 22.3 Å². The van der Waals surface area contributed by atoms with Gasteiger partial charge >= 0.3 is 0 Å². The molecule has 6 nitrogen and oxygen atoms in total. The molecule has 0 spiro atoms. The van der Waals surface area contributed by atoms with Crippen molar-refractivity contribution >= 4 is 44.2 Å². The smallest absolute Gasteiger partial charge is 0.254 e. The second-order valence-corrected chi connectivity index (χ2v) is 11.8. The van der Waals surface area contributed by atoms with E-state index in [0.29, 0.717) is 11.8 Å². The van der Waals surface area contributed by atoms with Crippen LogP contribution in [0.2, 0.25) is 5.02 Å². The maximum absolute atomic E-state index is 13.9. The summed E-state index contributed by atoms with van der Waals surface area (Å²) >= 11 is 7.89. The van der Waals surface area contributed by atoms with Crippen LogP contribution in [-0.4, -0.2) is 48.8 Å². The number of ether oxygens (including phenoxy) is 2. The fraction of sp³-hybridized carbons (Fsp3) is 0.310. The van der Waals surface area contributed by atoms with Gasteiger partial charge in [0.2, 0.25) is 6.79 Å². The number of likely N-dealkylation sites (tertiary alicyclic amines) is 1. The molecule has 1 amide bonds. The molecule has 2 atom stereocenters. The molecule has 3 aliphatic rings. The van der Waals surface area contributed by atoms with Gasteiger partial charge in [-0.25, -0.2) is 4.98 Å². The van der Waals surface area contributed by atoms with Crippen molar-refractivity contribution < 1.29 is 14.3 Å². The van der Waals surface area contributed by atoms with Gasteiger partial charge in [0.1, 0.15) is 0 Å². The van der Waals surface area contributed by atoms with Crippen molar-refractivity contribution in [3.05, 3.63) is 70.7 Å². The molecule has 4 heterocycles. The van der Waals surface area contributed by atoms with Crippen molar-refractivity contribution in [2.75, 3.05) is 37.9 Å². The molecular formula is C29H26ClN3O3S. The third kappa shape index (κ3) is 4.20. The quantitative estimate of drug-likeness (QED) is 0.312. The van der Waals surface area contributed by atoms with Gasteiger partial charge in [-0.2, -0.15) is 0 Å². The van der Waals surface area contributed by atoms with Gasteiger partial charge in [0.15, 0.2) is 16.6 Å². The second-order valence-electron chi connectivity index (χ2n) is 10.3. The summed E-state index contributed by atoms with van der Waals surface area (Å²) in [6.45, 7) is 5.62. The van der Waals surface area contributed by atoms with Crippen molar-refractivity contribution in [3.8, 4) is 22.6 Å². The molecule has 2 fully saturated rings. The number of rotatable bonds is 3. The number of carbonyl (C=O) groups excluding carboxylic acids is 1. The van der Waals surface area contributed by atoms with Crippen LogP contribution in [-0.2, 0) is 0 Å². The van der Waals surface area contributed by atoms with Crippen molar-refractivity contribution in [2.24, 2.45) is 11.8 Å². The Bertz CT molecular complexity index is 1520. The minimum atomic E-state index is 0.106. The fourth-order valence-corrected chi connectivity index (χ4v) is 7.21. The lowest BCUT2D eigenvalue weighted by atomic mass is 9.84. The molecule has 1 aromatic heterocycles. The standard InChI is InChI=1S/C29H26ClN3O3S/c1-17-2-5-22(20-3-7-25-26(10-20)36-16-35-25)23(8-17)28(34)32-12-18-9-19(13-32)15-33(14-18)29-31-24-6-4-21(30)11-27(24)37-29/h2-8,10-11,18-19H,9,12-16H2,1H3. The Balaban J connectivity index is 1.13. The van der Waals surface area contributed by atoms with Crippen LogP contribution in [0.25, 0.3) is 21.3 Å². The molecule has 37 heavy (non-hydrogen) atoms. The van der Waals surface area contributed by atoms with Crippen LogP contribution >= 0.6 is 22.9 Å². The van der Waals surface area contributed by atoms with Crippen molar-refractivity contribution in [1.29, 1.82) is 0 Å². The van der Waals surface area contributed by atoms with E-state index in [2.05, 4.69) is 15.9 Å². The Morgan fingerprint density at radius 1 is 0.973 bits per heavy atom. The molecule has 2 saturated heterocycles.